The SMILES string of the molecule is Cc1ccc(C(=O)NCC(=O)N2CCCN2C(=O)c2ccccc2S(C)(=O)=O)cc1. The summed E-state index contributed by atoms with van der Waals surface area (Å²) in [5.41, 5.74) is 1.47. The van der Waals surface area contributed by atoms with E-state index in [1.165, 1.54) is 22.2 Å². The van der Waals surface area contributed by atoms with Gasteiger partial charge in [0, 0.05) is 24.9 Å². The number of aryl methyl sites for hydroxylation is 1. The second-order valence-electron chi connectivity index (χ2n) is 7.12. The van der Waals surface area contributed by atoms with Crippen molar-refractivity contribution < 1.29 is 22.8 Å². The van der Waals surface area contributed by atoms with Gasteiger partial charge in [-0.25, -0.2) is 18.4 Å². The van der Waals surface area contributed by atoms with Crippen molar-refractivity contribution in [3.8, 4) is 0 Å². The Morgan fingerprint density at radius 2 is 1.60 bits per heavy atom. The number of hydrazine groups is 1. The number of hydrogen-bond donors (Lipinski definition) is 1. The van der Waals surface area contributed by atoms with Crippen LogP contribution in [-0.2, 0) is 14.6 Å². The van der Waals surface area contributed by atoms with Gasteiger partial charge in [0.05, 0.1) is 17.0 Å². The van der Waals surface area contributed by atoms with E-state index in [0.29, 0.717) is 18.5 Å². The average molecular weight is 429 g/mol. The Bertz CT molecular complexity index is 1080. The molecular weight excluding hydrogens is 406 g/mol. The molecule has 30 heavy (non-hydrogen) atoms. The minimum absolute atomic E-state index is 0.0170. The molecule has 9 heteroatoms. The number of benzene rings is 2. The Hall–Kier alpha value is -3.20. The molecule has 1 aliphatic rings. The van der Waals surface area contributed by atoms with E-state index in [1.807, 2.05) is 6.92 Å². The minimum atomic E-state index is -3.61. The first-order valence-corrected chi connectivity index (χ1v) is 11.3. The molecule has 0 radical (unpaired) electrons. The fraction of sp³-hybridized carbons (Fsp3) is 0.286. The van der Waals surface area contributed by atoms with Gasteiger partial charge in [0.2, 0.25) is 0 Å². The lowest BCUT2D eigenvalue weighted by molar-refractivity contribution is -0.139. The van der Waals surface area contributed by atoms with E-state index in [1.54, 1.807) is 36.4 Å². The number of sulfone groups is 1. The number of nitrogens with one attached hydrogen (secondary N) is 1. The summed E-state index contributed by atoms with van der Waals surface area (Å²) in [6, 6.07) is 12.9. The highest BCUT2D eigenvalue weighted by molar-refractivity contribution is 7.90. The van der Waals surface area contributed by atoms with Gasteiger partial charge in [-0.15, -0.1) is 0 Å². The normalized spacial score (nSPS) is 13.9. The summed E-state index contributed by atoms with van der Waals surface area (Å²) in [5.74, 6) is -1.40. The highest BCUT2D eigenvalue weighted by atomic mass is 32.2. The first kappa shape index (κ1) is 21.5. The quantitative estimate of drug-likeness (QED) is 0.774. The number of hydrogen-bond acceptors (Lipinski definition) is 5. The Morgan fingerprint density at radius 3 is 2.27 bits per heavy atom. The van der Waals surface area contributed by atoms with E-state index in [0.717, 1.165) is 11.8 Å². The molecular formula is C21H23N3O5S. The fourth-order valence-electron chi connectivity index (χ4n) is 3.24. The van der Waals surface area contributed by atoms with Gasteiger partial charge in [-0.1, -0.05) is 29.8 Å². The van der Waals surface area contributed by atoms with Crippen molar-refractivity contribution >= 4 is 27.6 Å². The molecule has 0 spiro atoms. The lowest BCUT2D eigenvalue weighted by Gasteiger charge is -2.28. The molecule has 1 heterocycles. The molecule has 0 aromatic heterocycles. The molecule has 8 nitrogen and oxygen atoms in total. The number of carbonyl (C=O) groups excluding carboxylic acids is 3. The Labute approximate surface area is 175 Å². The molecule has 158 valence electrons. The van der Waals surface area contributed by atoms with E-state index >= 15 is 0 Å². The van der Waals surface area contributed by atoms with E-state index in [9.17, 15) is 22.8 Å². The van der Waals surface area contributed by atoms with Gasteiger partial charge in [0.25, 0.3) is 17.7 Å². The van der Waals surface area contributed by atoms with Crippen molar-refractivity contribution in [1.29, 1.82) is 0 Å². The monoisotopic (exact) mass is 429 g/mol. The number of amides is 3. The molecule has 1 aliphatic heterocycles. The molecule has 0 unspecified atom stereocenters. The number of nitrogens with zero attached hydrogens (tertiary/aromatic N) is 2. The van der Waals surface area contributed by atoms with E-state index in [4.69, 9.17) is 0 Å². The second kappa shape index (κ2) is 8.66. The van der Waals surface area contributed by atoms with Crippen molar-refractivity contribution in [2.45, 2.75) is 18.2 Å². The summed E-state index contributed by atoms with van der Waals surface area (Å²) in [4.78, 5) is 37.8. The predicted octanol–water partition coefficient (Wildman–Crippen LogP) is 1.42. The summed E-state index contributed by atoms with van der Waals surface area (Å²) in [7, 11) is -3.61. The molecule has 0 bridgehead atoms. The molecule has 3 rings (SSSR count). The van der Waals surface area contributed by atoms with Crippen LogP contribution >= 0.6 is 0 Å². The van der Waals surface area contributed by atoms with Crippen LogP contribution in [-0.4, -0.2) is 62.0 Å². The topological polar surface area (TPSA) is 104 Å². The highest BCUT2D eigenvalue weighted by Crippen LogP contribution is 2.21. The van der Waals surface area contributed by atoms with Crippen LogP contribution in [0.1, 0.15) is 32.7 Å². The first-order valence-electron chi connectivity index (χ1n) is 9.44. The maximum atomic E-state index is 13.0. The molecule has 0 aliphatic carbocycles. The van der Waals surface area contributed by atoms with Crippen molar-refractivity contribution in [2.75, 3.05) is 25.9 Å². The van der Waals surface area contributed by atoms with Gasteiger partial charge in [-0.05, 0) is 37.6 Å². The maximum Gasteiger partial charge on any atom is 0.273 e. The van der Waals surface area contributed by atoms with Gasteiger partial charge in [-0.3, -0.25) is 14.4 Å². The molecule has 2 aromatic carbocycles. The highest BCUT2D eigenvalue weighted by Gasteiger charge is 2.33. The zero-order valence-electron chi connectivity index (χ0n) is 16.8. The molecule has 0 saturated carbocycles. The third-order valence-electron chi connectivity index (χ3n) is 4.78. The third kappa shape index (κ3) is 4.68. The average Bonchev–Trinajstić information content (AvgIpc) is 3.21. The number of carbonyl (C=O) groups is 3. The fourth-order valence-corrected chi connectivity index (χ4v) is 4.12. The zero-order valence-corrected chi connectivity index (χ0v) is 17.6. The number of rotatable bonds is 5. The van der Waals surface area contributed by atoms with E-state index in [-0.39, 0.29) is 29.5 Å². The van der Waals surface area contributed by atoms with Crippen molar-refractivity contribution in [3.05, 3.63) is 65.2 Å². The van der Waals surface area contributed by atoms with Crippen LogP contribution in [0.2, 0.25) is 0 Å². The van der Waals surface area contributed by atoms with Gasteiger partial charge < -0.3 is 5.32 Å². The van der Waals surface area contributed by atoms with Gasteiger partial charge in [0.15, 0.2) is 9.84 Å². The van der Waals surface area contributed by atoms with E-state index in [2.05, 4.69) is 5.32 Å². The molecule has 1 fully saturated rings. The standard InChI is InChI=1S/C21H23N3O5S/c1-15-8-10-16(11-9-15)20(26)22-14-19(25)23-12-5-13-24(23)21(27)17-6-3-4-7-18(17)30(2,28)29/h3-4,6-11H,5,12-14H2,1-2H3,(H,22,26). The van der Waals surface area contributed by atoms with Gasteiger partial charge in [0.1, 0.15) is 0 Å². The lowest BCUT2D eigenvalue weighted by Crippen LogP contribution is -2.48. The van der Waals surface area contributed by atoms with E-state index < -0.39 is 21.7 Å². The van der Waals surface area contributed by atoms with Crippen molar-refractivity contribution in [1.82, 2.24) is 15.3 Å². The second-order valence-corrected chi connectivity index (χ2v) is 9.10. The minimum Gasteiger partial charge on any atom is -0.343 e. The largest absolute Gasteiger partial charge is 0.343 e. The van der Waals surface area contributed by atoms with Crippen LogP contribution in [0, 0.1) is 6.92 Å². The molecule has 1 saturated heterocycles. The molecule has 0 atom stereocenters. The van der Waals surface area contributed by atoms with Crippen LogP contribution in [0.15, 0.2) is 53.4 Å². The van der Waals surface area contributed by atoms with Crippen LogP contribution < -0.4 is 5.32 Å². The van der Waals surface area contributed by atoms with Gasteiger partial charge in [-0.2, -0.15) is 0 Å². The summed E-state index contributed by atoms with van der Waals surface area (Å²) < 4.78 is 24.0. The maximum absolute atomic E-state index is 13.0. The molecule has 3 amide bonds. The summed E-state index contributed by atoms with van der Waals surface area (Å²) in [6.45, 7) is 2.23. The van der Waals surface area contributed by atoms with Crippen LogP contribution in [0.25, 0.3) is 0 Å². The third-order valence-corrected chi connectivity index (χ3v) is 5.94. The molecule has 2 aromatic rings. The van der Waals surface area contributed by atoms with Crippen LogP contribution in [0.4, 0.5) is 0 Å². The van der Waals surface area contributed by atoms with Crippen LogP contribution in [0.5, 0.6) is 0 Å². The van der Waals surface area contributed by atoms with Crippen molar-refractivity contribution in [2.24, 2.45) is 0 Å². The Morgan fingerprint density at radius 1 is 0.967 bits per heavy atom. The summed E-state index contributed by atoms with van der Waals surface area (Å²) in [6.07, 6.45) is 1.59. The van der Waals surface area contributed by atoms with Crippen LogP contribution in [0.3, 0.4) is 0 Å². The molecule has 1 N–H and O–H groups in total. The summed E-state index contributed by atoms with van der Waals surface area (Å²) in [5, 5.41) is 5.07. The van der Waals surface area contributed by atoms with Crippen molar-refractivity contribution in [3.63, 3.8) is 0 Å². The predicted molar refractivity (Wildman–Crippen MR) is 110 cm³/mol. The first-order chi connectivity index (χ1) is 14.2. The van der Waals surface area contributed by atoms with Gasteiger partial charge >= 0.3 is 0 Å². The Kier molecular flexibility index (Phi) is 6.21. The zero-order chi connectivity index (χ0) is 21.9. The summed E-state index contributed by atoms with van der Waals surface area (Å²) >= 11 is 0. The smallest absolute Gasteiger partial charge is 0.273 e. The lowest BCUT2D eigenvalue weighted by atomic mass is 10.1. The Balaban J connectivity index is 1.71.